The lowest BCUT2D eigenvalue weighted by Crippen LogP contribution is -2.45. The van der Waals surface area contributed by atoms with Gasteiger partial charge in [-0.15, -0.1) is 0 Å². The van der Waals surface area contributed by atoms with E-state index in [-0.39, 0.29) is 11.9 Å². The molecular weight excluding hydrogens is 253 g/mol. The Morgan fingerprint density at radius 2 is 2.15 bits per heavy atom. The van der Waals surface area contributed by atoms with Crippen molar-refractivity contribution in [3.8, 4) is 0 Å². The van der Waals surface area contributed by atoms with Crippen LogP contribution in [0.2, 0.25) is 0 Å². The van der Waals surface area contributed by atoms with Gasteiger partial charge in [0.1, 0.15) is 5.82 Å². The number of anilines is 1. The fourth-order valence-corrected chi connectivity index (χ4v) is 3.00. The van der Waals surface area contributed by atoms with Crippen molar-refractivity contribution >= 4 is 5.69 Å². The quantitative estimate of drug-likeness (QED) is 0.923. The minimum Gasteiger partial charge on any atom is -0.370 e. The molecule has 112 valence electrons. The van der Waals surface area contributed by atoms with Crippen molar-refractivity contribution in [2.45, 2.75) is 38.8 Å². The maximum Gasteiger partial charge on any atom is 0.126 e. The predicted molar refractivity (Wildman–Crippen MR) is 82.7 cm³/mol. The van der Waals surface area contributed by atoms with E-state index in [0.717, 1.165) is 24.3 Å². The van der Waals surface area contributed by atoms with Crippen molar-refractivity contribution in [1.29, 1.82) is 0 Å². The summed E-state index contributed by atoms with van der Waals surface area (Å²) in [7, 11) is 4.25. The summed E-state index contributed by atoms with van der Waals surface area (Å²) in [4.78, 5) is 4.63. The zero-order chi connectivity index (χ0) is 14.9. The van der Waals surface area contributed by atoms with Crippen molar-refractivity contribution in [3.63, 3.8) is 0 Å². The number of nitrogens with two attached hydrogens (primary N) is 1. The van der Waals surface area contributed by atoms with Crippen LogP contribution in [0.15, 0.2) is 12.1 Å². The summed E-state index contributed by atoms with van der Waals surface area (Å²) in [5, 5.41) is 0. The lowest BCUT2D eigenvalue weighted by molar-refractivity contribution is 0.247. The molecular formula is C16H26FN3. The van der Waals surface area contributed by atoms with Gasteiger partial charge in [0.15, 0.2) is 0 Å². The normalized spacial score (nSPS) is 21.8. The van der Waals surface area contributed by atoms with Crippen molar-refractivity contribution in [3.05, 3.63) is 29.1 Å². The Morgan fingerprint density at radius 1 is 1.45 bits per heavy atom. The van der Waals surface area contributed by atoms with E-state index in [9.17, 15) is 4.39 Å². The van der Waals surface area contributed by atoms with Gasteiger partial charge >= 0.3 is 0 Å². The smallest absolute Gasteiger partial charge is 0.126 e. The highest BCUT2D eigenvalue weighted by Crippen LogP contribution is 2.30. The van der Waals surface area contributed by atoms with E-state index in [0.29, 0.717) is 11.6 Å². The lowest BCUT2D eigenvalue weighted by atomic mass is 9.99. The molecule has 1 aromatic rings. The molecule has 1 aliphatic heterocycles. The maximum atomic E-state index is 13.8. The van der Waals surface area contributed by atoms with Crippen LogP contribution in [-0.2, 0) is 0 Å². The van der Waals surface area contributed by atoms with Crippen LogP contribution in [0.4, 0.5) is 10.1 Å². The number of aryl methyl sites for hydroxylation is 1. The Morgan fingerprint density at radius 3 is 2.75 bits per heavy atom. The molecule has 0 amide bonds. The second kappa shape index (κ2) is 6.10. The van der Waals surface area contributed by atoms with Gasteiger partial charge in [0.25, 0.3) is 0 Å². The fraction of sp³-hybridized carbons (Fsp3) is 0.625. The third-order valence-electron chi connectivity index (χ3n) is 4.33. The minimum absolute atomic E-state index is 0.163. The molecule has 2 unspecified atom stereocenters. The number of hydrogen-bond acceptors (Lipinski definition) is 3. The monoisotopic (exact) mass is 279 g/mol. The zero-order valence-corrected chi connectivity index (χ0v) is 13.0. The van der Waals surface area contributed by atoms with E-state index in [1.54, 1.807) is 6.07 Å². The zero-order valence-electron chi connectivity index (χ0n) is 13.0. The molecule has 20 heavy (non-hydrogen) atoms. The summed E-state index contributed by atoms with van der Waals surface area (Å²) in [6, 6.07) is 3.83. The molecule has 3 nitrogen and oxygen atoms in total. The number of likely N-dealkylation sites (tertiary alicyclic amines) is 1. The first kappa shape index (κ1) is 15.3. The highest BCUT2D eigenvalue weighted by molar-refractivity contribution is 5.57. The highest BCUT2D eigenvalue weighted by atomic mass is 19.1. The van der Waals surface area contributed by atoms with Crippen LogP contribution in [0, 0.1) is 12.7 Å². The molecule has 2 atom stereocenters. The molecule has 0 saturated carbocycles. The van der Waals surface area contributed by atoms with Gasteiger partial charge in [0.2, 0.25) is 0 Å². The van der Waals surface area contributed by atoms with Crippen molar-refractivity contribution < 1.29 is 4.39 Å². The van der Waals surface area contributed by atoms with Crippen LogP contribution in [0.25, 0.3) is 0 Å². The molecule has 1 fully saturated rings. The summed E-state index contributed by atoms with van der Waals surface area (Å²) in [5.41, 5.74) is 8.67. The van der Waals surface area contributed by atoms with E-state index in [2.05, 4.69) is 23.9 Å². The fourth-order valence-electron chi connectivity index (χ4n) is 3.00. The number of likely N-dealkylation sites (N-methyl/N-ethyl adjacent to an activating group) is 2. The first-order valence-electron chi connectivity index (χ1n) is 7.37. The standard InChI is InChI=1S/C16H26FN3/c1-11-8-16(14(12(2)18)9-15(11)17)20(4)13-6-5-7-19(3)10-13/h8-9,12-13H,5-7,10,18H2,1-4H3. The number of piperidine rings is 1. The molecule has 0 aliphatic carbocycles. The Bertz CT molecular complexity index is 473. The maximum absolute atomic E-state index is 13.8. The summed E-state index contributed by atoms with van der Waals surface area (Å²) in [5.74, 6) is -0.171. The van der Waals surface area contributed by atoms with Gasteiger partial charge in [-0.2, -0.15) is 0 Å². The molecule has 1 heterocycles. The molecule has 1 aromatic carbocycles. The SMILES string of the molecule is Cc1cc(N(C)C2CCCN(C)C2)c(C(C)N)cc1F. The first-order valence-corrected chi connectivity index (χ1v) is 7.37. The molecule has 4 heteroatoms. The third-order valence-corrected chi connectivity index (χ3v) is 4.33. The summed E-state index contributed by atoms with van der Waals surface area (Å²) in [6.45, 7) is 5.93. The van der Waals surface area contributed by atoms with Crippen molar-refractivity contribution in [2.75, 3.05) is 32.1 Å². The number of hydrogen-bond donors (Lipinski definition) is 1. The molecule has 0 bridgehead atoms. The van der Waals surface area contributed by atoms with Crippen molar-refractivity contribution in [2.24, 2.45) is 5.73 Å². The van der Waals surface area contributed by atoms with Gasteiger partial charge in [-0.3, -0.25) is 0 Å². The average molecular weight is 279 g/mol. The number of rotatable bonds is 3. The average Bonchev–Trinajstić information content (AvgIpc) is 2.40. The minimum atomic E-state index is -0.171. The number of nitrogens with zero attached hydrogens (tertiary/aromatic N) is 2. The van der Waals surface area contributed by atoms with Crippen LogP contribution in [0.3, 0.4) is 0 Å². The molecule has 1 aliphatic rings. The van der Waals surface area contributed by atoms with Crippen LogP contribution in [0.1, 0.15) is 36.9 Å². The molecule has 1 saturated heterocycles. The molecule has 0 radical (unpaired) electrons. The van der Waals surface area contributed by atoms with Crippen LogP contribution < -0.4 is 10.6 Å². The summed E-state index contributed by atoms with van der Waals surface area (Å²) < 4.78 is 13.8. The van der Waals surface area contributed by atoms with Gasteiger partial charge in [-0.05, 0) is 63.5 Å². The Hall–Kier alpha value is -1.13. The summed E-state index contributed by atoms with van der Waals surface area (Å²) >= 11 is 0. The van der Waals surface area contributed by atoms with E-state index in [1.165, 1.54) is 12.8 Å². The van der Waals surface area contributed by atoms with E-state index in [4.69, 9.17) is 5.73 Å². The molecule has 0 aromatic heterocycles. The van der Waals surface area contributed by atoms with Gasteiger partial charge in [0.05, 0.1) is 0 Å². The van der Waals surface area contributed by atoms with Crippen LogP contribution >= 0.6 is 0 Å². The lowest BCUT2D eigenvalue weighted by Gasteiger charge is -2.38. The van der Waals surface area contributed by atoms with Gasteiger partial charge in [-0.25, -0.2) is 4.39 Å². The first-order chi connectivity index (χ1) is 9.40. The molecule has 2 N–H and O–H groups in total. The number of benzene rings is 1. The van der Waals surface area contributed by atoms with Gasteiger partial charge < -0.3 is 15.5 Å². The Kier molecular flexibility index (Phi) is 4.66. The highest BCUT2D eigenvalue weighted by Gasteiger charge is 2.24. The van der Waals surface area contributed by atoms with Gasteiger partial charge in [-0.1, -0.05) is 0 Å². The van der Waals surface area contributed by atoms with E-state index < -0.39 is 0 Å². The third kappa shape index (κ3) is 3.13. The van der Waals surface area contributed by atoms with Crippen LogP contribution in [0.5, 0.6) is 0 Å². The van der Waals surface area contributed by atoms with Crippen molar-refractivity contribution in [1.82, 2.24) is 4.90 Å². The largest absolute Gasteiger partial charge is 0.370 e. The molecule has 2 rings (SSSR count). The predicted octanol–water partition coefficient (Wildman–Crippen LogP) is 2.68. The van der Waals surface area contributed by atoms with Gasteiger partial charge in [0, 0.05) is 31.4 Å². The Balaban J connectivity index is 2.32. The second-order valence-electron chi connectivity index (χ2n) is 6.12. The topological polar surface area (TPSA) is 32.5 Å². The van der Waals surface area contributed by atoms with Crippen LogP contribution in [-0.4, -0.2) is 38.1 Å². The number of halogens is 1. The van der Waals surface area contributed by atoms with E-state index in [1.807, 2.05) is 19.9 Å². The summed E-state index contributed by atoms with van der Waals surface area (Å²) in [6.07, 6.45) is 2.38. The van der Waals surface area contributed by atoms with E-state index >= 15 is 0 Å². The Labute approximate surface area is 121 Å². The molecule has 0 spiro atoms. The second-order valence-corrected chi connectivity index (χ2v) is 6.12.